The molecule has 0 saturated heterocycles. The predicted molar refractivity (Wildman–Crippen MR) is 48.6 cm³/mol. The van der Waals surface area contributed by atoms with Crippen LogP contribution in [0.2, 0.25) is 0 Å². The molecule has 1 heterocycles. The average Bonchev–Trinajstić information content (AvgIpc) is 2.53. The SMILES string of the molecule is CCC(C(N)=O)n1cnc(CN)c1. The zero-order valence-electron chi connectivity index (χ0n) is 7.60. The normalized spacial score (nSPS) is 12.8. The highest BCUT2D eigenvalue weighted by Crippen LogP contribution is 2.10. The summed E-state index contributed by atoms with van der Waals surface area (Å²) < 4.78 is 1.70. The summed E-state index contributed by atoms with van der Waals surface area (Å²) in [7, 11) is 0. The van der Waals surface area contributed by atoms with Crippen molar-refractivity contribution in [2.24, 2.45) is 11.5 Å². The number of rotatable bonds is 4. The summed E-state index contributed by atoms with van der Waals surface area (Å²) in [5, 5.41) is 0. The van der Waals surface area contributed by atoms with Crippen molar-refractivity contribution in [1.29, 1.82) is 0 Å². The molecule has 0 saturated carbocycles. The molecule has 0 bridgehead atoms. The van der Waals surface area contributed by atoms with Gasteiger partial charge in [-0.1, -0.05) is 6.92 Å². The van der Waals surface area contributed by atoms with Gasteiger partial charge in [-0.05, 0) is 6.42 Å². The van der Waals surface area contributed by atoms with Gasteiger partial charge in [0.15, 0.2) is 0 Å². The average molecular weight is 182 g/mol. The Hall–Kier alpha value is -1.36. The second-order valence-electron chi connectivity index (χ2n) is 2.84. The van der Waals surface area contributed by atoms with Gasteiger partial charge in [-0.15, -0.1) is 0 Å². The predicted octanol–water partition coefficient (Wildman–Crippen LogP) is -0.222. The molecule has 5 heteroatoms. The highest BCUT2D eigenvalue weighted by atomic mass is 16.1. The standard InChI is InChI=1S/C8H14N4O/c1-2-7(8(10)13)12-4-6(3-9)11-5-12/h4-5,7H,2-3,9H2,1H3,(H2,10,13). The zero-order chi connectivity index (χ0) is 9.84. The van der Waals surface area contributed by atoms with Gasteiger partial charge in [-0.3, -0.25) is 4.79 Å². The van der Waals surface area contributed by atoms with Gasteiger partial charge >= 0.3 is 0 Å². The van der Waals surface area contributed by atoms with Crippen molar-refractivity contribution in [1.82, 2.24) is 9.55 Å². The minimum absolute atomic E-state index is 0.312. The Morgan fingerprint density at radius 3 is 2.85 bits per heavy atom. The molecule has 0 radical (unpaired) electrons. The van der Waals surface area contributed by atoms with Crippen LogP contribution < -0.4 is 11.5 Å². The van der Waals surface area contributed by atoms with Crippen molar-refractivity contribution in [3.05, 3.63) is 18.2 Å². The van der Waals surface area contributed by atoms with Crippen LogP contribution in [-0.2, 0) is 11.3 Å². The Kier molecular flexibility index (Phi) is 3.02. The summed E-state index contributed by atoms with van der Waals surface area (Å²) in [6.45, 7) is 2.28. The monoisotopic (exact) mass is 182 g/mol. The topological polar surface area (TPSA) is 86.9 Å². The molecule has 72 valence electrons. The smallest absolute Gasteiger partial charge is 0.240 e. The first-order valence-electron chi connectivity index (χ1n) is 4.20. The van der Waals surface area contributed by atoms with Gasteiger partial charge < -0.3 is 16.0 Å². The van der Waals surface area contributed by atoms with Crippen molar-refractivity contribution in [3.8, 4) is 0 Å². The Balaban J connectivity index is 2.85. The van der Waals surface area contributed by atoms with Crippen LogP contribution in [0.1, 0.15) is 25.1 Å². The van der Waals surface area contributed by atoms with Crippen LogP contribution in [0.5, 0.6) is 0 Å². The molecule has 1 rings (SSSR count). The molecular weight excluding hydrogens is 168 g/mol. The lowest BCUT2D eigenvalue weighted by molar-refractivity contribution is -0.121. The van der Waals surface area contributed by atoms with E-state index < -0.39 is 0 Å². The number of carbonyl (C=O) groups excluding carboxylic acids is 1. The number of hydrogen-bond donors (Lipinski definition) is 2. The molecule has 1 atom stereocenters. The maximum atomic E-state index is 11.0. The van der Waals surface area contributed by atoms with E-state index in [0.717, 1.165) is 5.69 Å². The highest BCUT2D eigenvalue weighted by Gasteiger charge is 2.14. The van der Waals surface area contributed by atoms with E-state index in [4.69, 9.17) is 11.5 Å². The van der Waals surface area contributed by atoms with Crippen LogP contribution in [0.3, 0.4) is 0 Å². The second kappa shape index (κ2) is 4.04. The van der Waals surface area contributed by atoms with E-state index in [1.54, 1.807) is 17.1 Å². The van der Waals surface area contributed by atoms with E-state index in [0.29, 0.717) is 13.0 Å². The molecular formula is C8H14N4O. The van der Waals surface area contributed by atoms with Crippen LogP contribution in [0.15, 0.2) is 12.5 Å². The maximum absolute atomic E-state index is 11.0. The molecule has 0 fully saturated rings. The lowest BCUT2D eigenvalue weighted by Crippen LogP contribution is -2.25. The van der Waals surface area contributed by atoms with Crippen molar-refractivity contribution >= 4 is 5.91 Å². The Morgan fingerprint density at radius 1 is 1.77 bits per heavy atom. The molecule has 1 unspecified atom stereocenters. The van der Waals surface area contributed by atoms with Crippen molar-refractivity contribution in [2.75, 3.05) is 0 Å². The maximum Gasteiger partial charge on any atom is 0.240 e. The first-order chi connectivity index (χ1) is 6.19. The molecule has 0 aliphatic carbocycles. The van der Waals surface area contributed by atoms with E-state index in [-0.39, 0.29) is 11.9 Å². The largest absolute Gasteiger partial charge is 0.368 e. The van der Waals surface area contributed by atoms with E-state index in [1.807, 2.05) is 6.92 Å². The van der Waals surface area contributed by atoms with Crippen molar-refractivity contribution in [3.63, 3.8) is 0 Å². The summed E-state index contributed by atoms with van der Waals surface area (Å²) in [6, 6.07) is -0.312. The summed E-state index contributed by atoms with van der Waals surface area (Å²) in [5.74, 6) is -0.344. The Labute approximate surface area is 76.7 Å². The zero-order valence-corrected chi connectivity index (χ0v) is 7.60. The number of nitrogens with zero attached hydrogens (tertiary/aromatic N) is 2. The minimum atomic E-state index is -0.344. The van der Waals surface area contributed by atoms with Crippen LogP contribution in [0.4, 0.5) is 0 Å². The first kappa shape index (κ1) is 9.73. The van der Waals surface area contributed by atoms with E-state index >= 15 is 0 Å². The lowest BCUT2D eigenvalue weighted by Gasteiger charge is -2.11. The molecule has 0 spiro atoms. The third kappa shape index (κ3) is 2.06. The van der Waals surface area contributed by atoms with E-state index in [1.165, 1.54) is 0 Å². The van der Waals surface area contributed by atoms with Crippen molar-refractivity contribution in [2.45, 2.75) is 25.9 Å². The van der Waals surface area contributed by atoms with Crippen LogP contribution in [0.25, 0.3) is 0 Å². The highest BCUT2D eigenvalue weighted by molar-refractivity contribution is 5.78. The number of imidazole rings is 1. The number of hydrogen-bond acceptors (Lipinski definition) is 3. The van der Waals surface area contributed by atoms with Crippen LogP contribution in [0, 0.1) is 0 Å². The molecule has 0 aromatic carbocycles. The summed E-state index contributed by atoms with van der Waals surface area (Å²) in [4.78, 5) is 15.0. The van der Waals surface area contributed by atoms with E-state index in [2.05, 4.69) is 4.98 Å². The van der Waals surface area contributed by atoms with Gasteiger partial charge in [0.1, 0.15) is 6.04 Å². The van der Waals surface area contributed by atoms with Gasteiger partial charge in [-0.2, -0.15) is 0 Å². The van der Waals surface area contributed by atoms with Crippen LogP contribution >= 0.6 is 0 Å². The Morgan fingerprint density at radius 2 is 2.46 bits per heavy atom. The van der Waals surface area contributed by atoms with E-state index in [9.17, 15) is 4.79 Å². The third-order valence-corrected chi connectivity index (χ3v) is 1.94. The molecule has 5 nitrogen and oxygen atoms in total. The molecule has 13 heavy (non-hydrogen) atoms. The molecule has 4 N–H and O–H groups in total. The summed E-state index contributed by atoms with van der Waals surface area (Å²) in [5.41, 5.74) is 11.4. The van der Waals surface area contributed by atoms with Gasteiger partial charge in [0.05, 0.1) is 12.0 Å². The molecule has 1 aromatic rings. The van der Waals surface area contributed by atoms with Gasteiger partial charge in [0.2, 0.25) is 5.91 Å². The lowest BCUT2D eigenvalue weighted by atomic mass is 10.2. The number of nitrogens with two attached hydrogens (primary N) is 2. The Bertz CT molecular complexity index is 294. The number of aromatic nitrogens is 2. The number of carbonyl (C=O) groups is 1. The molecule has 0 aliphatic rings. The fraction of sp³-hybridized carbons (Fsp3) is 0.500. The fourth-order valence-corrected chi connectivity index (χ4v) is 1.21. The molecule has 0 aliphatic heterocycles. The minimum Gasteiger partial charge on any atom is -0.368 e. The first-order valence-corrected chi connectivity index (χ1v) is 4.20. The number of amides is 1. The quantitative estimate of drug-likeness (QED) is 0.674. The van der Waals surface area contributed by atoms with Gasteiger partial charge in [-0.25, -0.2) is 4.98 Å². The summed E-state index contributed by atoms with van der Waals surface area (Å²) in [6.07, 6.45) is 4.00. The van der Waals surface area contributed by atoms with Gasteiger partial charge in [0, 0.05) is 12.7 Å². The second-order valence-corrected chi connectivity index (χ2v) is 2.84. The van der Waals surface area contributed by atoms with Gasteiger partial charge in [0.25, 0.3) is 0 Å². The fourth-order valence-electron chi connectivity index (χ4n) is 1.21. The third-order valence-electron chi connectivity index (χ3n) is 1.94. The molecule has 1 amide bonds. The molecule has 1 aromatic heterocycles. The number of primary amides is 1. The van der Waals surface area contributed by atoms with Crippen molar-refractivity contribution < 1.29 is 4.79 Å². The van der Waals surface area contributed by atoms with Crippen LogP contribution in [-0.4, -0.2) is 15.5 Å². The summed E-state index contributed by atoms with van der Waals surface area (Å²) >= 11 is 0.